The molecule has 0 aliphatic heterocycles. The highest BCUT2D eigenvalue weighted by atomic mass is 32.2. The van der Waals surface area contributed by atoms with E-state index in [1.807, 2.05) is 36.4 Å². The van der Waals surface area contributed by atoms with Crippen LogP contribution in [0.2, 0.25) is 0 Å². The molecule has 0 bridgehead atoms. The van der Waals surface area contributed by atoms with E-state index in [0.717, 1.165) is 27.0 Å². The molecule has 0 fully saturated rings. The van der Waals surface area contributed by atoms with Crippen LogP contribution in [0.1, 0.15) is 11.1 Å². The number of para-hydroxylation sites is 1. The monoisotopic (exact) mass is 373 g/mol. The SMILES string of the molecule is Cc1ccc(Nc2ncnc(Sc3cccc4cccnc34)c2N)c(C)c1. The Morgan fingerprint density at radius 2 is 1.81 bits per heavy atom. The van der Waals surface area contributed by atoms with Gasteiger partial charge in [0.2, 0.25) is 0 Å². The molecule has 0 aliphatic rings. The molecule has 3 N–H and O–H groups in total. The van der Waals surface area contributed by atoms with Crippen molar-refractivity contribution >= 4 is 39.9 Å². The van der Waals surface area contributed by atoms with Gasteiger partial charge < -0.3 is 11.1 Å². The Hall–Kier alpha value is -3.12. The predicted octanol–water partition coefficient (Wildman–Crippen LogP) is 5.12. The fraction of sp³-hybridized carbons (Fsp3) is 0.0952. The molecule has 2 aromatic heterocycles. The molecule has 2 aromatic carbocycles. The van der Waals surface area contributed by atoms with Crippen LogP contribution in [0.25, 0.3) is 10.9 Å². The van der Waals surface area contributed by atoms with Gasteiger partial charge >= 0.3 is 0 Å². The fourth-order valence-corrected chi connectivity index (χ4v) is 3.83. The fourth-order valence-electron chi connectivity index (χ4n) is 2.90. The Labute approximate surface area is 162 Å². The average molecular weight is 373 g/mol. The molecule has 134 valence electrons. The number of fused-ring (bicyclic) bond motifs is 1. The second kappa shape index (κ2) is 7.25. The van der Waals surface area contributed by atoms with Crippen molar-refractivity contribution in [3.05, 3.63) is 72.2 Å². The lowest BCUT2D eigenvalue weighted by Crippen LogP contribution is -2.03. The standard InChI is InChI=1S/C21H19N5S/c1-13-8-9-16(14(2)11-13)26-20-18(22)21(25-12-24-20)27-17-7-3-5-15-6-4-10-23-19(15)17/h3-12H,22H2,1-2H3,(H,24,25,26). The lowest BCUT2D eigenvalue weighted by molar-refractivity contribution is 1.06. The zero-order chi connectivity index (χ0) is 18.8. The highest BCUT2D eigenvalue weighted by molar-refractivity contribution is 7.99. The van der Waals surface area contributed by atoms with Crippen LogP contribution in [-0.4, -0.2) is 15.0 Å². The van der Waals surface area contributed by atoms with Crippen molar-refractivity contribution in [1.82, 2.24) is 15.0 Å². The molecule has 0 unspecified atom stereocenters. The molecule has 0 radical (unpaired) electrons. The van der Waals surface area contributed by atoms with E-state index in [0.29, 0.717) is 16.5 Å². The van der Waals surface area contributed by atoms with E-state index >= 15 is 0 Å². The molecule has 4 aromatic rings. The number of pyridine rings is 1. The lowest BCUT2D eigenvalue weighted by atomic mass is 10.1. The van der Waals surface area contributed by atoms with Crippen molar-refractivity contribution in [2.24, 2.45) is 0 Å². The van der Waals surface area contributed by atoms with Gasteiger partial charge in [0.15, 0.2) is 5.82 Å². The summed E-state index contributed by atoms with van der Waals surface area (Å²) in [5.41, 5.74) is 11.2. The summed E-state index contributed by atoms with van der Waals surface area (Å²) in [6.07, 6.45) is 3.33. The minimum Gasteiger partial charge on any atom is -0.394 e. The van der Waals surface area contributed by atoms with Gasteiger partial charge in [0.25, 0.3) is 0 Å². The summed E-state index contributed by atoms with van der Waals surface area (Å²) in [5.74, 6) is 0.604. The maximum Gasteiger partial charge on any atom is 0.158 e. The van der Waals surface area contributed by atoms with Crippen LogP contribution in [0, 0.1) is 13.8 Å². The Morgan fingerprint density at radius 3 is 2.67 bits per heavy atom. The topological polar surface area (TPSA) is 76.7 Å². The minimum atomic E-state index is 0.524. The van der Waals surface area contributed by atoms with Crippen molar-refractivity contribution in [1.29, 1.82) is 0 Å². The third kappa shape index (κ3) is 3.57. The summed E-state index contributed by atoms with van der Waals surface area (Å²) in [6, 6.07) is 16.3. The average Bonchev–Trinajstić information content (AvgIpc) is 2.67. The normalized spacial score (nSPS) is 10.9. The molecule has 0 saturated carbocycles. The first-order chi connectivity index (χ1) is 13.1. The number of aryl methyl sites for hydroxylation is 2. The molecule has 27 heavy (non-hydrogen) atoms. The first-order valence-corrected chi connectivity index (χ1v) is 9.40. The molecule has 0 atom stereocenters. The second-order valence-corrected chi connectivity index (χ2v) is 7.35. The van der Waals surface area contributed by atoms with Gasteiger partial charge in [0, 0.05) is 22.2 Å². The number of nitrogen functional groups attached to an aromatic ring is 1. The van der Waals surface area contributed by atoms with Crippen LogP contribution in [0.4, 0.5) is 17.2 Å². The van der Waals surface area contributed by atoms with Gasteiger partial charge in [0.05, 0.1) is 5.52 Å². The van der Waals surface area contributed by atoms with Gasteiger partial charge in [0.1, 0.15) is 17.0 Å². The lowest BCUT2D eigenvalue weighted by Gasteiger charge is -2.13. The molecular formula is C21H19N5S. The molecule has 0 amide bonds. The van der Waals surface area contributed by atoms with E-state index in [4.69, 9.17) is 5.73 Å². The summed E-state index contributed by atoms with van der Waals surface area (Å²) < 4.78 is 0. The maximum atomic E-state index is 6.37. The summed E-state index contributed by atoms with van der Waals surface area (Å²) >= 11 is 1.50. The number of hydrogen-bond donors (Lipinski definition) is 2. The Morgan fingerprint density at radius 1 is 0.963 bits per heavy atom. The van der Waals surface area contributed by atoms with Crippen molar-refractivity contribution < 1.29 is 0 Å². The first-order valence-electron chi connectivity index (χ1n) is 8.58. The quantitative estimate of drug-likeness (QED) is 0.484. The Bertz CT molecular complexity index is 1120. The van der Waals surface area contributed by atoms with Gasteiger partial charge in [-0.2, -0.15) is 0 Å². The third-order valence-electron chi connectivity index (χ3n) is 4.28. The Kier molecular flexibility index (Phi) is 4.64. The Balaban J connectivity index is 1.67. The second-order valence-electron chi connectivity index (χ2n) is 6.32. The van der Waals surface area contributed by atoms with Crippen molar-refractivity contribution in [3.63, 3.8) is 0 Å². The van der Waals surface area contributed by atoms with Crippen molar-refractivity contribution in [3.8, 4) is 0 Å². The number of nitrogens with one attached hydrogen (secondary N) is 1. The van der Waals surface area contributed by atoms with E-state index in [9.17, 15) is 0 Å². The summed E-state index contributed by atoms with van der Waals surface area (Å²) in [7, 11) is 0. The number of nitrogens with zero attached hydrogens (tertiary/aromatic N) is 3. The number of aromatic nitrogens is 3. The van der Waals surface area contributed by atoms with Crippen LogP contribution in [0.5, 0.6) is 0 Å². The van der Waals surface area contributed by atoms with Crippen molar-refractivity contribution in [2.45, 2.75) is 23.8 Å². The maximum absolute atomic E-state index is 6.37. The molecule has 4 rings (SSSR count). The molecule has 5 nitrogen and oxygen atoms in total. The number of benzene rings is 2. The molecule has 2 heterocycles. The van der Waals surface area contributed by atoms with Gasteiger partial charge in [-0.25, -0.2) is 9.97 Å². The summed E-state index contributed by atoms with van der Waals surface area (Å²) in [5, 5.41) is 5.12. The third-order valence-corrected chi connectivity index (χ3v) is 5.35. The van der Waals surface area contributed by atoms with Crippen molar-refractivity contribution in [2.75, 3.05) is 11.1 Å². The van der Waals surface area contributed by atoms with Gasteiger partial charge in [-0.05, 0) is 37.6 Å². The van der Waals surface area contributed by atoms with E-state index in [1.165, 1.54) is 23.7 Å². The predicted molar refractivity (Wildman–Crippen MR) is 112 cm³/mol. The highest BCUT2D eigenvalue weighted by Gasteiger charge is 2.13. The van der Waals surface area contributed by atoms with Gasteiger partial charge in [-0.1, -0.05) is 47.7 Å². The summed E-state index contributed by atoms with van der Waals surface area (Å²) in [6.45, 7) is 4.13. The number of anilines is 3. The van der Waals surface area contributed by atoms with E-state index in [2.05, 4.69) is 46.2 Å². The molecular weight excluding hydrogens is 354 g/mol. The van der Waals surface area contributed by atoms with E-state index in [-0.39, 0.29) is 0 Å². The zero-order valence-electron chi connectivity index (χ0n) is 15.1. The summed E-state index contributed by atoms with van der Waals surface area (Å²) in [4.78, 5) is 14.2. The number of hydrogen-bond acceptors (Lipinski definition) is 6. The zero-order valence-corrected chi connectivity index (χ0v) is 15.9. The molecule has 0 saturated heterocycles. The van der Waals surface area contributed by atoms with Crippen LogP contribution in [0.3, 0.4) is 0 Å². The molecule has 6 heteroatoms. The number of rotatable bonds is 4. The largest absolute Gasteiger partial charge is 0.394 e. The molecule has 0 aliphatic carbocycles. The van der Waals surface area contributed by atoms with Gasteiger partial charge in [-0.15, -0.1) is 0 Å². The highest BCUT2D eigenvalue weighted by Crippen LogP contribution is 2.37. The van der Waals surface area contributed by atoms with E-state index in [1.54, 1.807) is 6.20 Å². The minimum absolute atomic E-state index is 0.524. The molecule has 0 spiro atoms. The smallest absolute Gasteiger partial charge is 0.158 e. The first kappa shape index (κ1) is 17.3. The number of nitrogens with two attached hydrogens (primary N) is 1. The van der Waals surface area contributed by atoms with E-state index < -0.39 is 0 Å². The van der Waals surface area contributed by atoms with Crippen LogP contribution in [0.15, 0.2) is 71.0 Å². The van der Waals surface area contributed by atoms with Crippen LogP contribution < -0.4 is 11.1 Å². The van der Waals surface area contributed by atoms with Crippen LogP contribution in [-0.2, 0) is 0 Å². The van der Waals surface area contributed by atoms with Crippen LogP contribution >= 0.6 is 11.8 Å². The van der Waals surface area contributed by atoms with Gasteiger partial charge in [-0.3, -0.25) is 4.98 Å².